The van der Waals surface area contributed by atoms with E-state index in [-0.39, 0.29) is 11.3 Å². The molecule has 0 unspecified atom stereocenters. The van der Waals surface area contributed by atoms with E-state index in [9.17, 15) is 9.59 Å². The Kier molecular flexibility index (Phi) is 4.96. The first kappa shape index (κ1) is 19.4. The number of carbonyl (C=O) groups excluding carboxylic acids is 1. The Labute approximate surface area is 173 Å². The number of carbonyl (C=O) groups is 1. The summed E-state index contributed by atoms with van der Waals surface area (Å²) in [6.07, 6.45) is 3.10. The summed E-state index contributed by atoms with van der Waals surface area (Å²) in [5, 5.41) is 1.36. The highest BCUT2D eigenvalue weighted by molar-refractivity contribution is 7.99. The van der Waals surface area contributed by atoms with Gasteiger partial charge in [0.2, 0.25) is 0 Å². The SMILES string of the molecule is Cc1ccc(-n2c(SCC(=O)C(C)(C)C)nc3sc4c(c3c2=O)CCC4)cc1. The Balaban J connectivity index is 1.87. The van der Waals surface area contributed by atoms with E-state index in [1.165, 1.54) is 22.2 Å². The number of hydrogen-bond donors (Lipinski definition) is 0. The number of aryl methyl sites for hydroxylation is 3. The van der Waals surface area contributed by atoms with Crippen molar-refractivity contribution in [2.75, 3.05) is 5.75 Å². The Bertz CT molecular complexity index is 1120. The van der Waals surface area contributed by atoms with Gasteiger partial charge in [0.15, 0.2) is 5.16 Å². The number of fused-ring (bicyclic) bond motifs is 3. The maximum absolute atomic E-state index is 13.5. The average molecular weight is 413 g/mol. The van der Waals surface area contributed by atoms with Gasteiger partial charge in [-0.25, -0.2) is 4.98 Å². The summed E-state index contributed by atoms with van der Waals surface area (Å²) < 4.78 is 1.69. The largest absolute Gasteiger partial charge is 0.298 e. The van der Waals surface area contributed by atoms with Crippen LogP contribution >= 0.6 is 23.1 Å². The molecule has 0 aliphatic heterocycles. The molecule has 146 valence electrons. The summed E-state index contributed by atoms with van der Waals surface area (Å²) >= 11 is 3.00. The number of rotatable bonds is 4. The molecule has 1 aliphatic carbocycles. The standard InChI is InChI=1S/C22H24N2O2S2/c1-13-8-10-14(11-9-13)24-20(26)18-15-6-5-7-16(15)28-19(18)23-21(24)27-12-17(25)22(2,3)4/h8-11H,5-7,12H2,1-4H3. The summed E-state index contributed by atoms with van der Waals surface area (Å²) in [7, 11) is 0. The first-order valence-corrected chi connectivity index (χ1v) is 11.4. The third-order valence-electron chi connectivity index (χ3n) is 5.17. The minimum atomic E-state index is -0.407. The number of benzene rings is 1. The number of ketones is 1. The molecule has 3 aromatic rings. The molecule has 0 saturated heterocycles. The van der Waals surface area contributed by atoms with Crippen LogP contribution in [0.5, 0.6) is 0 Å². The molecule has 0 spiro atoms. The predicted octanol–water partition coefficient (Wildman–Crippen LogP) is 4.95. The predicted molar refractivity (Wildman–Crippen MR) is 117 cm³/mol. The Morgan fingerprint density at radius 1 is 1.21 bits per heavy atom. The molecule has 0 saturated carbocycles. The first-order chi connectivity index (χ1) is 13.3. The lowest BCUT2D eigenvalue weighted by molar-refractivity contribution is -0.123. The smallest absolute Gasteiger partial charge is 0.267 e. The highest BCUT2D eigenvalue weighted by Gasteiger charge is 2.26. The third-order valence-corrected chi connectivity index (χ3v) is 7.29. The van der Waals surface area contributed by atoms with Gasteiger partial charge in [-0.1, -0.05) is 50.2 Å². The van der Waals surface area contributed by atoms with Crippen molar-refractivity contribution in [1.29, 1.82) is 0 Å². The van der Waals surface area contributed by atoms with Gasteiger partial charge in [-0.2, -0.15) is 0 Å². The summed E-state index contributed by atoms with van der Waals surface area (Å²) in [5.41, 5.74) is 2.70. The van der Waals surface area contributed by atoms with Crippen LogP contribution in [0.2, 0.25) is 0 Å². The quantitative estimate of drug-likeness (QED) is 0.449. The van der Waals surface area contributed by atoms with Crippen LogP contribution in [-0.4, -0.2) is 21.1 Å². The zero-order valence-electron chi connectivity index (χ0n) is 16.7. The molecule has 2 aromatic heterocycles. The van der Waals surface area contributed by atoms with Gasteiger partial charge in [0, 0.05) is 10.3 Å². The first-order valence-electron chi connectivity index (χ1n) is 9.56. The van der Waals surface area contributed by atoms with E-state index >= 15 is 0 Å². The number of nitrogens with zero attached hydrogens (tertiary/aromatic N) is 2. The Hall–Kier alpha value is -1.92. The van der Waals surface area contributed by atoms with E-state index in [0.29, 0.717) is 10.9 Å². The van der Waals surface area contributed by atoms with Gasteiger partial charge < -0.3 is 0 Å². The zero-order chi connectivity index (χ0) is 20.1. The van der Waals surface area contributed by atoms with Crippen LogP contribution < -0.4 is 5.56 Å². The van der Waals surface area contributed by atoms with Gasteiger partial charge in [-0.3, -0.25) is 14.2 Å². The van der Waals surface area contributed by atoms with Crippen molar-refractivity contribution < 1.29 is 4.79 Å². The lowest BCUT2D eigenvalue weighted by Crippen LogP contribution is -2.25. The fourth-order valence-electron chi connectivity index (χ4n) is 3.39. The molecule has 0 amide bonds. The van der Waals surface area contributed by atoms with Gasteiger partial charge in [0.25, 0.3) is 5.56 Å². The van der Waals surface area contributed by atoms with Gasteiger partial charge in [0.1, 0.15) is 10.6 Å². The van der Waals surface area contributed by atoms with Gasteiger partial charge in [0.05, 0.1) is 16.8 Å². The molecule has 1 aliphatic rings. The van der Waals surface area contributed by atoms with Crippen molar-refractivity contribution in [2.45, 2.75) is 52.1 Å². The average Bonchev–Trinajstić information content (AvgIpc) is 3.20. The van der Waals surface area contributed by atoms with Gasteiger partial charge >= 0.3 is 0 Å². The Morgan fingerprint density at radius 3 is 2.61 bits per heavy atom. The van der Waals surface area contributed by atoms with Crippen molar-refractivity contribution in [2.24, 2.45) is 5.41 Å². The van der Waals surface area contributed by atoms with E-state index in [2.05, 4.69) is 0 Å². The lowest BCUT2D eigenvalue weighted by atomic mass is 9.92. The lowest BCUT2D eigenvalue weighted by Gasteiger charge is -2.17. The summed E-state index contributed by atoms with van der Waals surface area (Å²) in [6.45, 7) is 7.79. The van der Waals surface area contributed by atoms with E-state index in [1.54, 1.807) is 15.9 Å². The zero-order valence-corrected chi connectivity index (χ0v) is 18.3. The van der Waals surface area contributed by atoms with Crippen LogP contribution in [-0.2, 0) is 17.6 Å². The molecule has 28 heavy (non-hydrogen) atoms. The fourth-order valence-corrected chi connectivity index (χ4v) is 5.87. The van der Waals surface area contributed by atoms with Crippen molar-refractivity contribution in [3.05, 3.63) is 50.6 Å². The molecular weight excluding hydrogens is 388 g/mol. The molecule has 4 rings (SSSR count). The Morgan fingerprint density at radius 2 is 1.93 bits per heavy atom. The molecule has 0 fully saturated rings. The molecule has 4 nitrogen and oxygen atoms in total. The fraction of sp³-hybridized carbons (Fsp3) is 0.409. The van der Waals surface area contributed by atoms with E-state index < -0.39 is 5.41 Å². The highest BCUT2D eigenvalue weighted by Crippen LogP contribution is 2.36. The van der Waals surface area contributed by atoms with Crippen LogP contribution in [0, 0.1) is 12.3 Å². The normalized spacial score (nSPS) is 13.9. The summed E-state index contributed by atoms with van der Waals surface area (Å²) in [5.74, 6) is 0.453. The molecule has 0 radical (unpaired) electrons. The summed E-state index contributed by atoms with van der Waals surface area (Å²) in [6, 6.07) is 7.90. The van der Waals surface area contributed by atoms with Gasteiger partial charge in [-0.05, 0) is 43.9 Å². The molecular formula is C22H24N2O2S2. The van der Waals surface area contributed by atoms with Crippen molar-refractivity contribution >= 4 is 39.1 Å². The second-order valence-corrected chi connectivity index (χ2v) is 10.4. The molecule has 6 heteroatoms. The minimum absolute atomic E-state index is 0.0149. The van der Waals surface area contributed by atoms with E-state index in [4.69, 9.17) is 4.98 Å². The van der Waals surface area contributed by atoms with Crippen molar-refractivity contribution in [3.63, 3.8) is 0 Å². The number of hydrogen-bond acceptors (Lipinski definition) is 5. The van der Waals surface area contributed by atoms with E-state index in [1.807, 2.05) is 52.0 Å². The van der Waals surface area contributed by atoms with Crippen LogP contribution in [0.3, 0.4) is 0 Å². The number of thioether (sulfide) groups is 1. The number of aromatic nitrogens is 2. The highest BCUT2D eigenvalue weighted by atomic mass is 32.2. The second-order valence-electron chi connectivity index (χ2n) is 8.37. The number of thiophene rings is 1. The van der Waals surface area contributed by atoms with Crippen LogP contribution in [0.4, 0.5) is 0 Å². The summed E-state index contributed by atoms with van der Waals surface area (Å²) in [4.78, 5) is 32.9. The van der Waals surface area contributed by atoms with Gasteiger partial charge in [-0.15, -0.1) is 11.3 Å². The third kappa shape index (κ3) is 3.44. The maximum Gasteiger partial charge on any atom is 0.267 e. The van der Waals surface area contributed by atoms with Crippen molar-refractivity contribution in [3.8, 4) is 5.69 Å². The van der Waals surface area contributed by atoms with Crippen LogP contribution in [0.1, 0.15) is 43.2 Å². The maximum atomic E-state index is 13.5. The van der Waals surface area contributed by atoms with E-state index in [0.717, 1.165) is 40.7 Å². The topological polar surface area (TPSA) is 52.0 Å². The molecule has 0 bridgehead atoms. The number of Topliss-reactive ketones (excluding diaryl/α,β-unsaturated/α-hetero) is 1. The molecule has 1 aromatic carbocycles. The van der Waals surface area contributed by atoms with Crippen LogP contribution in [0.15, 0.2) is 34.2 Å². The van der Waals surface area contributed by atoms with Crippen LogP contribution in [0.25, 0.3) is 15.9 Å². The second kappa shape index (κ2) is 7.16. The minimum Gasteiger partial charge on any atom is -0.298 e. The van der Waals surface area contributed by atoms with Crippen molar-refractivity contribution in [1.82, 2.24) is 9.55 Å². The monoisotopic (exact) mass is 412 g/mol. The molecule has 0 N–H and O–H groups in total. The molecule has 0 atom stereocenters. The molecule has 2 heterocycles.